The topological polar surface area (TPSA) is 28.7 Å². The number of thiophene rings is 1. The average molecular weight is 192 g/mol. The van der Waals surface area contributed by atoms with E-state index in [2.05, 4.69) is 28.6 Å². The van der Waals surface area contributed by atoms with E-state index in [4.69, 9.17) is 0 Å². The molecule has 68 valence electrons. The fourth-order valence-corrected chi connectivity index (χ4v) is 2.18. The molecule has 0 fully saturated rings. The molecule has 0 unspecified atom stereocenters. The zero-order chi connectivity index (χ0) is 9.10. The molecule has 0 bridgehead atoms. The van der Waals surface area contributed by atoms with Crippen LogP contribution in [0, 0.1) is 6.92 Å². The predicted octanol–water partition coefficient (Wildman–Crippen LogP) is 2.56. The number of H-pyrrole nitrogens is 1. The summed E-state index contributed by atoms with van der Waals surface area (Å²) in [6.07, 6.45) is 3.97. The first-order valence-electron chi connectivity index (χ1n) is 4.37. The van der Waals surface area contributed by atoms with Crippen LogP contribution in [0.25, 0.3) is 0 Å². The maximum atomic E-state index is 3.92. The Bertz CT molecular complexity index is 362. The summed E-state index contributed by atoms with van der Waals surface area (Å²) < 4.78 is 0. The Labute approximate surface area is 81.6 Å². The fraction of sp³-hybridized carbons (Fsp3) is 0.300. The molecule has 13 heavy (non-hydrogen) atoms. The van der Waals surface area contributed by atoms with Crippen LogP contribution in [0.15, 0.2) is 23.7 Å². The zero-order valence-corrected chi connectivity index (χ0v) is 8.40. The van der Waals surface area contributed by atoms with Gasteiger partial charge in [0.05, 0.1) is 0 Å². The third kappa shape index (κ3) is 2.18. The maximum Gasteiger partial charge on any atom is 0.0490 e. The van der Waals surface area contributed by atoms with Crippen LogP contribution in [-0.4, -0.2) is 10.2 Å². The van der Waals surface area contributed by atoms with Gasteiger partial charge in [-0.1, -0.05) is 0 Å². The van der Waals surface area contributed by atoms with Gasteiger partial charge in [0.25, 0.3) is 0 Å². The molecule has 2 rings (SSSR count). The zero-order valence-electron chi connectivity index (χ0n) is 7.58. The molecule has 0 aliphatic rings. The summed E-state index contributed by atoms with van der Waals surface area (Å²) in [6.45, 7) is 2.14. The van der Waals surface area contributed by atoms with Crippen LogP contribution in [0.1, 0.15) is 16.1 Å². The van der Waals surface area contributed by atoms with Crippen LogP contribution in [-0.2, 0) is 12.8 Å². The van der Waals surface area contributed by atoms with Gasteiger partial charge >= 0.3 is 0 Å². The SMILES string of the molecule is Cc1csc(CCc2ccn[nH]2)c1. The maximum absolute atomic E-state index is 3.92. The van der Waals surface area contributed by atoms with Gasteiger partial charge in [0.2, 0.25) is 0 Å². The minimum absolute atomic E-state index is 1.06. The Kier molecular flexibility index (Phi) is 2.45. The third-order valence-corrected chi connectivity index (χ3v) is 3.10. The summed E-state index contributed by atoms with van der Waals surface area (Å²) in [7, 11) is 0. The molecule has 0 spiro atoms. The molecule has 2 aromatic rings. The minimum Gasteiger partial charge on any atom is -0.283 e. The van der Waals surface area contributed by atoms with Gasteiger partial charge in [-0.15, -0.1) is 11.3 Å². The Morgan fingerprint density at radius 2 is 2.38 bits per heavy atom. The predicted molar refractivity (Wildman–Crippen MR) is 55.1 cm³/mol. The largest absolute Gasteiger partial charge is 0.283 e. The van der Waals surface area contributed by atoms with Crippen molar-refractivity contribution in [3.63, 3.8) is 0 Å². The van der Waals surface area contributed by atoms with E-state index >= 15 is 0 Å². The van der Waals surface area contributed by atoms with E-state index in [1.165, 1.54) is 16.1 Å². The van der Waals surface area contributed by atoms with Gasteiger partial charge in [-0.25, -0.2) is 0 Å². The van der Waals surface area contributed by atoms with Gasteiger partial charge in [-0.3, -0.25) is 5.10 Å². The molecule has 0 aliphatic heterocycles. The van der Waals surface area contributed by atoms with Gasteiger partial charge in [-0.2, -0.15) is 5.10 Å². The number of nitrogens with zero attached hydrogens (tertiary/aromatic N) is 1. The molecule has 0 saturated heterocycles. The number of aryl methyl sites for hydroxylation is 3. The minimum atomic E-state index is 1.06. The summed E-state index contributed by atoms with van der Waals surface area (Å²) >= 11 is 1.84. The lowest BCUT2D eigenvalue weighted by Crippen LogP contribution is -1.88. The molecule has 3 heteroatoms. The van der Waals surface area contributed by atoms with Gasteiger partial charge in [0.1, 0.15) is 0 Å². The number of nitrogens with one attached hydrogen (secondary N) is 1. The molecule has 2 aromatic heterocycles. The van der Waals surface area contributed by atoms with Crippen molar-refractivity contribution >= 4 is 11.3 Å². The highest BCUT2D eigenvalue weighted by atomic mass is 32.1. The normalized spacial score (nSPS) is 10.5. The number of hydrogen-bond acceptors (Lipinski definition) is 2. The van der Waals surface area contributed by atoms with Gasteiger partial charge in [0, 0.05) is 16.8 Å². The van der Waals surface area contributed by atoms with Crippen molar-refractivity contribution in [2.75, 3.05) is 0 Å². The van der Waals surface area contributed by atoms with Crippen LogP contribution in [0.5, 0.6) is 0 Å². The van der Waals surface area contributed by atoms with Crippen molar-refractivity contribution in [1.29, 1.82) is 0 Å². The summed E-state index contributed by atoms with van der Waals surface area (Å²) in [6, 6.07) is 4.28. The van der Waals surface area contributed by atoms with Crippen molar-refractivity contribution in [3.05, 3.63) is 39.8 Å². The number of aromatic amines is 1. The second-order valence-electron chi connectivity index (χ2n) is 3.17. The number of rotatable bonds is 3. The van der Waals surface area contributed by atoms with Crippen LogP contribution in [0.4, 0.5) is 0 Å². The molecule has 1 N–H and O–H groups in total. The lowest BCUT2D eigenvalue weighted by atomic mass is 10.2. The molecule has 0 atom stereocenters. The Morgan fingerprint density at radius 1 is 1.46 bits per heavy atom. The van der Waals surface area contributed by atoms with Gasteiger partial charge in [0.15, 0.2) is 0 Å². The number of hydrogen-bond donors (Lipinski definition) is 1. The second-order valence-corrected chi connectivity index (χ2v) is 4.17. The highest BCUT2D eigenvalue weighted by molar-refractivity contribution is 7.10. The molecule has 0 aliphatic carbocycles. The Balaban J connectivity index is 1.93. The third-order valence-electron chi connectivity index (χ3n) is 1.98. The summed E-state index contributed by atoms with van der Waals surface area (Å²) in [5, 5.41) is 9.08. The highest BCUT2D eigenvalue weighted by Crippen LogP contribution is 2.15. The summed E-state index contributed by atoms with van der Waals surface area (Å²) in [5.74, 6) is 0. The average Bonchev–Trinajstić information content (AvgIpc) is 2.71. The van der Waals surface area contributed by atoms with Crippen molar-refractivity contribution in [3.8, 4) is 0 Å². The fourth-order valence-electron chi connectivity index (χ4n) is 1.30. The van der Waals surface area contributed by atoms with E-state index < -0.39 is 0 Å². The van der Waals surface area contributed by atoms with Crippen LogP contribution < -0.4 is 0 Å². The first-order valence-corrected chi connectivity index (χ1v) is 5.25. The van der Waals surface area contributed by atoms with Gasteiger partial charge in [-0.05, 0) is 42.8 Å². The molecule has 0 aromatic carbocycles. The molecule has 0 radical (unpaired) electrons. The Hall–Kier alpha value is -1.09. The second kappa shape index (κ2) is 3.75. The van der Waals surface area contributed by atoms with Crippen molar-refractivity contribution in [2.45, 2.75) is 19.8 Å². The van der Waals surface area contributed by atoms with Crippen molar-refractivity contribution in [2.24, 2.45) is 0 Å². The quantitative estimate of drug-likeness (QED) is 0.795. The summed E-state index contributed by atoms with van der Waals surface area (Å²) in [4.78, 5) is 1.45. The van der Waals surface area contributed by atoms with E-state index in [1.54, 1.807) is 6.20 Å². The van der Waals surface area contributed by atoms with Crippen LogP contribution >= 0.6 is 11.3 Å². The first kappa shape index (κ1) is 8.51. The lowest BCUT2D eigenvalue weighted by Gasteiger charge is -1.93. The highest BCUT2D eigenvalue weighted by Gasteiger charge is 1.98. The molecular weight excluding hydrogens is 180 g/mol. The van der Waals surface area contributed by atoms with Crippen LogP contribution in [0.3, 0.4) is 0 Å². The molecule has 0 amide bonds. The number of aromatic nitrogens is 2. The van der Waals surface area contributed by atoms with E-state index in [0.29, 0.717) is 0 Å². The molecular formula is C10H12N2S. The van der Waals surface area contributed by atoms with E-state index in [9.17, 15) is 0 Å². The standard InChI is InChI=1S/C10H12N2S/c1-8-6-10(13-7-8)3-2-9-4-5-11-12-9/h4-7H,2-3H2,1H3,(H,11,12). The molecule has 2 heterocycles. The Morgan fingerprint density at radius 3 is 3.00 bits per heavy atom. The van der Waals surface area contributed by atoms with Crippen molar-refractivity contribution < 1.29 is 0 Å². The van der Waals surface area contributed by atoms with E-state index in [-0.39, 0.29) is 0 Å². The van der Waals surface area contributed by atoms with E-state index in [0.717, 1.165) is 12.8 Å². The smallest absolute Gasteiger partial charge is 0.0490 e. The van der Waals surface area contributed by atoms with Crippen molar-refractivity contribution in [1.82, 2.24) is 10.2 Å². The summed E-state index contributed by atoms with van der Waals surface area (Å²) in [5.41, 5.74) is 2.58. The monoisotopic (exact) mass is 192 g/mol. The molecule has 0 saturated carbocycles. The van der Waals surface area contributed by atoms with E-state index in [1.807, 2.05) is 17.4 Å². The van der Waals surface area contributed by atoms with Crippen LogP contribution in [0.2, 0.25) is 0 Å². The lowest BCUT2D eigenvalue weighted by molar-refractivity contribution is 0.904. The molecule has 2 nitrogen and oxygen atoms in total. The first-order chi connectivity index (χ1) is 6.34. The van der Waals surface area contributed by atoms with Gasteiger partial charge < -0.3 is 0 Å².